The summed E-state index contributed by atoms with van der Waals surface area (Å²) >= 11 is 0. The van der Waals surface area contributed by atoms with Gasteiger partial charge in [-0.05, 0) is 42.8 Å². The van der Waals surface area contributed by atoms with Crippen molar-refractivity contribution < 1.29 is 19.3 Å². The van der Waals surface area contributed by atoms with Crippen LogP contribution in [-0.4, -0.2) is 26.4 Å². The standard InChI is InChI=1S/C17H20O4/c1-17(18,12-5-7-13(19-2)8-6-12)15-11-14(20-3)9-10-16(15)21-4/h5-11,18H,1-4H3. The summed E-state index contributed by atoms with van der Waals surface area (Å²) in [5.74, 6) is 2.02. The molecule has 1 atom stereocenters. The van der Waals surface area contributed by atoms with Crippen LogP contribution in [0.3, 0.4) is 0 Å². The number of hydrogen-bond donors (Lipinski definition) is 1. The van der Waals surface area contributed by atoms with E-state index in [4.69, 9.17) is 14.2 Å². The van der Waals surface area contributed by atoms with Crippen molar-refractivity contribution in [3.05, 3.63) is 53.6 Å². The first-order valence-electron chi connectivity index (χ1n) is 6.62. The van der Waals surface area contributed by atoms with E-state index in [1.54, 1.807) is 46.5 Å². The van der Waals surface area contributed by atoms with Gasteiger partial charge in [-0.2, -0.15) is 0 Å². The maximum Gasteiger partial charge on any atom is 0.125 e. The van der Waals surface area contributed by atoms with Gasteiger partial charge in [0.1, 0.15) is 22.8 Å². The van der Waals surface area contributed by atoms with E-state index in [0.29, 0.717) is 17.1 Å². The van der Waals surface area contributed by atoms with E-state index in [0.717, 1.165) is 11.3 Å². The van der Waals surface area contributed by atoms with Crippen molar-refractivity contribution in [3.8, 4) is 17.2 Å². The van der Waals surface area contributed by atoms with Crippen LogP contribution in [0.2, 0.25) is 0 Å². The van der Waals surface area contributed by atoms with Gasteiger partial charge < -0.3 is 19.3 Å². The van der Waals surface area contributed by atoms with Gasteiger partial charge in [0, 0.05) is 5.56 Å². The number of ether oxygens (including phenoxy) is 3. The topological polar surface area (TPSA) is 47.9 Å². The maximum atomic E-state index is 11.0. The molecule has 0 aliphatic carbocycles. The quantitative estimate of drug-likeness (QED) is 0.919. The highest BCUT2D eigenvalue weighted by molar-refractivity contribution is 5.48. The van der Waals surface area contributed by atoms with E-state index in [9.17, 15) is 5.11 Å². The Morgan fingerprint density at radius 2 is 1.38 bits per heavy atom. The summed E-state index contributed by atoms with van der Waals surface area (Å²) in [5, 5.41) is 11.0. The monoisotopic (exact) mass is 288 g/mol. The van der Waals surface area contributed by atoms with E-state index in [1.165, 1.54) is 0 Å². The Morgan fingerprint density at radius 1 is 0.810 bits per heavy atom. The lowest BCUT2D eigenvalue weighted by molar-refractivity contribution is 0.0986. The molecule has 0 aliphatic rings. The predicted octanol–water partition coefficient (Wildman–Crippen LogP) is 2.97. The highest BCUT2D eigenvalue weighted by Crippen LogP contribution is 2.37. The normalized spacial score (nSPS) is 13.4. The molecular formula is C17H20O4. The van der Waals surface area contributed by atoms with Crippen LogP contribution in [0.25, 0.3) is 0 Å². The molecule has 4 nitrogen and oxygen atoms in total. The minimum Gasteiger partial charge on any atom is -0.497 e. The Bertz CT molecular complexity index is 603. The van der Waals surface area contributed by atoms with Crippen LogP contribution in [0.15, 0.2) is 42.5 Å². The molecule has 2 aromatic rings. The number of rotatable bonds is 5. The molecule has 0 amide bonds. The molecule has 4 heteroatoms. The summed E-state index contributed by atoms with van der Waals surface area (Å²) in [5.41, 5.74) is 0.191. The first kappa shape index (κ1) is 15.2. The molecule has 0 aromatic heterocycles. The fourth-order valence-electron chi connectivity index (χ4n) is 2.27. The molecular weight excluding hydrogens is 268 g/mol. The van der Waals surface area contributed by atoms with Gasteiger partial charge in [-0.1, -0.05) is 12.1 Å². The van der Waals surface area contributed by atoms with Crippen molar-refractivity contribution in [1.82, 2.24) is 0 Å². The van der Waals surface area contributed by atoms with Gasteiger partial charge >= 0.3 is 0 Å². The minimum absolute atomic E-state index is 0.608. The van der Waals surface area contributed by atoms with Crippen molar-refractivity contribution in [2.24, 2.45) is 0 Å². The molecule has 0 radical (unpaired) electrons. The molecule has 0 aliphatic heterocycles. The Balaban J connectivity index is 2.50. The van der Waals surface area contributed by atoms with Gasteiger partial charge in [-0.3, -0.25) is 0 Å². The molecule has 0 bridgehead atoms. The zero-order valence-corrected chi connectivity index (χ0v) is 12.7. The number of aliphatic hydroxyl groups is 1. The summed E-state index contributed by atoms with van der Waals surface area (Å²) < 4.78 is 15.7. The van der Waals surface area contributed by atoms with Gasteiger partial charge in [-0.15, -0.1) is 0 Å². The SMILES string of the molecule is COc1ccc(C(C)(O)c2cc(OC)ccc2OC)cc1. The molecule has 1 N–H and O–H groups in total. The summed E-state index contributed by atoms with van der Waals surface area (Å²) in [6.07, 6.45) is 0. The fourth-order valence-corrected chi connectivity index (χ4v) is 2.27. The first-order valence-corrected chi connectivity index (χ1v) is 6.62. The Kier molecular flexibility index (Phi) is 4.38. The third-order valence-electron chi connectivity index (χ3n) is 3.58. The van der Waals surface area contributed by atoms with Crippen molar-refractivity contribution >= 4 is 0 Å². The Labute approximate surface area is 124 Å². The summed E-state index contributed by atoms with van der Waals surface area (Å²) in [6.45, 7) is 1.73. The smallest absolute Gasteiger partial charge is 0.125 e. The van der Waals surface area contributed by atoms with Crippen molar-refractivity contribution in [1.29, 1.82) is 0 Å². The molecule has 1 unspecified atom stereocenters. The average Bonchev–Trinajstić information content (AvgIpc) is 2.54. The van der Waals surface area contributed by atoms with Crippen molar-refractivity contribution in [2.45, 2.75) is 12.5 Å². The molecule has 0 heterocycles. The van der Waals surface area contributed by atoms with Crippen LogP contribution in [0.1, 0.15) is 18.1 Å². The molecule has 21 heavy (non-hydrogen) atoms. The molecule has 0 saturated carbocycles. The van der Waals surface area contributed by atoms with E-state index in [2.05, 4.69) is 0 Å². The second-order valence-electron chi connectivity index (χ2n) is 4.87. The largest absolute Gasteiger partial charge is 0.497 e. The van der Waals surface area contributed by atoms with Crippen LogP contribution in [0.5, 0.6) is 17.2 Å². The fraction of sp³-hybridized carbons (Fsp3) is 0.294. The lowest BCUT2D eigenvalue weighted by Crippen LogP contribution is -2.23. The number of hydrogen-bond acceptors (Lipinski definition) is 4. The Hall–Kier alpha value is -2.20. The highest BCUT2D eigenvalue weighted by atomic mass is 16.5. The molecule has 0 spiro atoms. The van der Waals surface area contributed by atoms with Gasteiger partial charge in [0.05, 0.1) is 21.3 Å². The zero-order valence-electron chi connectivity index (χ0n) is 12.7. The van der Waals surface area contributed by atoms with Gasteiger partial charge in [0.15, 0.2) is 0 Å². The van der Waals surface area contributed by atoms with Gasteiger partial charge in [0.25, 0.3) is 0 Å². The van der Waals surface area contributed by atoms with Crippen molar-refractivity contribution in [3.63, 3.8) is 0 Å². The van der Waals surface area contributed by atoms with Crippen LogP contribution in [0.4, 0.5) is 0 Å². The van der Waals surface area contributed by atoms with E-state index in [-0.39, 0.29) is 0 Å². The van der Waals surface area contributed by atoms with Crippen molar-refractivity contribution in [2.75, 3.05) is 21.3 Å². The molecule has 0 saturated heterocycles. The lowest BCUT2D eigenvalue weighted by Gasteiger charge is -2.27. The van der Waals surface area contributed by atoms with E-state index >= 15 is 0 Å². The summed E-state index contributed by atoms with van der Waals surface area (Å²) in [6, 6.07) is 12.7. The number of benzene rings is 2. The third kappa shape index (κ3) is 2.95. The first-order chi connectivity index (χ1) is 10.0. The molecule has 2 rings (SSSR count). The van der Waals surface area contributed by atoms with Gasteiger partial charge in [0.2, 0.25) is 0 Å². The predicted molar refractivity (Wildman–Crippen MR) is 81.2 cm³/mol. The summed E-state index contributed by atoms with van der Waals surface area (Å²) in [7, 11) is 4.78. The molecule has 112 valence electrons. The maximum absolute atomic E-state index is 11.0. The highest BCUT2D eigenvalue weighted by Gasteiger charge is 2.29. The minimum atomic E-state index is -1.20. The van der Waals surface area contributed by atoms with Crippen LogP contribution in [0, 0.1) is 0 Å². The second-order valence-corrected chi connectivity index (χ2v) is 4.87. The molecule has 2 aromatic carbocycles. The summed E-state index contributed by atoms with van der Waals surface area (Å²) in [4.78, 5) is 0. The van der Waals surface area contributed by atoms with Gasteiger partial charge in [-0.25, -0.2) is 0 Å². The van der Waals surface area contributed by atoms with Crippen LogP contribution >= 0.6 is 0 Å². The van der Waals surface area contributed by atoms with E-state index < -0.39 is 5.60 Å². The zero-order chi connectivity index (χ0) is 15.5. The second kappa shape index (κ2) is 6.06. The number of methoxy groups -OCH3 is 3. The van der Waals surface area contributed by atoms with Crippen LogP contribution in [-0.2, 0) is 5.60 Å². The van der Waals surface area contributed by atoms with Crippen LogP contribution < -0.4 is 14.2 Å². The third-order valence-corrected chi connectivity index (χ3v) is 3.58. The lowest BCUT2D eigenvalue weighted by atomic mass is 9.87. The van der Waals surface area contributed by atoms with E-state index in [1.807, 2.05) is 24.3 Å². The average molecular weight is 288 g/mol. The molecule has 0 fully saturated rings. The Morgan fingerprint density at radius 3 is 1.90 bits per heavy atom.